The van der Waals surface area contributed by atoms with Crippen LogP contribution in [0, 0.1) is 0 Å². The fourth-order valence-electron chi connectivity index (χ4n) is 2.75. The van der Waals surface area contributed by atoms with E-state index in [2.05, 4.69) is 10.3 Å². The second kappa shape index (κ2) is 12.3. The van der Waals surface area contributed by atoms with Gasteiger partial charge in [-0.05, 0) is 37.6 Å². The summed E-state index contributed by atoms with van der Waals surface area (Å²) in [5.74, 6) is 0. The summed E-state index contributed by atoms with van der Waals surface area (Å²) in [6, 6.07) is 13.0. The van der Waals surface area contributed by atoms with Crippen LogP contribution in [0.5, 0.6) is 0 Å². The average Bonchev–Trinajstić information content (AvgIpc) is 2.67. The number of benzene rings is 1. The molecule has 0 amide bonds. The first-order chi connectivity index (χ1) is 13.1. The second-order valence-electron chi connectivity index (χ2n) is 6.51. The van der Waals surface area contributed by atoms with E-state index in [1.165, 1.54) is 0 Å². The van der Waals surface area contributed by atoms with Crippen LogP contribution in [-0.2, 0) is 16.2 Å². The molecule has 1 unspecified atom stereocenters. The molecule has 0 aliphatic rings. The highest BCUT2D eigenvalue weighted by molar-refractivity contribution is 6.33. The Morgan fingerprint density at radius 3 is 2.56 bits per heavy atom. The van der Waals surface area contributed by atoms with Crippen LogP contribution in [0.3, 0.4) is 0 Å². The summed E-state index contributed by atoms with van der Waals surface area (Å²) >= 11 is 12.3. The Balaban J connectivity index is 1.45. The molecule has 2 rings (SSSR count). The number of unbranched alkanes of at least 4 members (excludes halogenated alkanes) is 3. The first kappa shape index (κ1) is 22.1. The Morgan fingerprint density at radius 1 is 1.00 bits per heavy atom. The van der Waals surface area contributed by atoms with Gasteiger partial charge in [0.2, 0.25) is 0 Å². The SMILES string of the molecule is OC(Cl)(CNCCCCCCOCCc1ccccn1)c1ccccc1Cl. The van der Waals surface area contributed by atoms with E-state index in [1.54, 1.807) is 12.1 Å². The van der Waals surface area contributed by atoms with E-state index in [-0.39, 0.29) is 6.54 Å². The van der Waals surface area contributed by atoms with Crippen LogP contribution in [0.25, 0.3) is 0 Å². The van der Waals surface area contributed by atoms with Gasteiger partial charge in [-0.2, -0.15) is 0 Å². The maximum Gasteiger partial charge on any atom is 0.178 e. The first-order valence-corrected chi connectivity index (χ1v) is 10.2. The lowest BCUT2D eigenvalue weighted by Gasteiger charge is -2.22. The van der Waals surface area contributed by atoms with Gasteiger partial charge >= 0.3 is 0 Å². The number of alkyl halides is 1. The average molecular weight is 411 g/mol. The molecule has 0 aliphatic heterocycles. The van der Waals surface area contributed by atoms with Crippen molar-refractivity contribution in [1.82, 2.24) is 10.3 Å². The van der Waals surface area contributed by atoms with Gasteiger partial charge in [0.05, 0.1) is 6.61 Å². The van der Waals surface area contributed by atoms with Gasteiger partial charge < -0.3 is 15.2 Å². The third-order valence-electron chi connectivity index (χ3n) is 4.27. The predicted molar refractivity (Wildman–Crippen MR) is 111 cm³/mol. The number of nitrogens with zero attached hydrogens (tertiary/aromatic N) is 1. The lowest BCUT2D eigenvalue weighted by atomic mass is 10.1. The molecule has 0 saturated carbocycles. The normalized spacial score (nSPS) is 13.4. The van der Waals surface area contributed by atoms with E-state index >= 15 is 0 Å². The van der Waals surface area contributed by atoms with E-state index in [0.717, 1.165) is 57.6 Å². The predicted octanol–water partition coefficient (Wildman–Crippen LogP) is 4.53. The zero-order valence-electron chi connectivity index (χ0n) is 15.5. The van der Waals surface area contributed by atoms with Gasteiger partial charge in [0.1, 0.15) is 0 Å². The van der Waals surface area contributed by atoms with Crippen LogP contribution >= 0.6 is 23.2 Å². The van der Waals surface area contributed by atoms with Gasteiger partial charge in [0, 0.05) is 42.0 Å². The first-order valence-electron chi connectivity index (χ1n) is 9.44. The van der Waals surface area contributed by atoms with Crippen molar-refractivity contribution < 1.29 is 9.84 Å². The number of hydrogen-bond acceptors (Lipinski definition) is 4. The molecule has 1 aromatic heterocycles. The van der Waals surface area contributed by atoms with Crippen LogP contribution in [0.1, 0.15) is 36.9 Å². The van der Waals surface area contributed by atoms with Crippen molar-refractivity contribution >= 4 is 23.2 Å². The van der Waals surface area contributed by atoms with Gasteiger partial charge in [-0.3, -0.25) is 4.98 Å². The van der Waals surface area contributed by atoms with Crippen molar-refractivity contribution in [2.45, 2.75) is 37.2 Å². The summed E-state index contributed by atoms with van der Waals surface area (Å²) in [6.45, 7) is 2.57. The number of nitrogens with one attached hydrogen (secondary N) is 1. The number of rotatable bonds is 13. The van der Waals surface area contributed by atoms with Gasteiger partial charge in [0.15, 0.2) is 5.06 Å². The Bertz CT molecular complexity index is 654. The van der Waals surface area contributed by atoms with Crippen molar-refractivity contribution in [2.24, 2.45) is 0 Å². The topological polar surface area (TPSA) is 54.4 Å². The maximum atomic E-state index is 10.4. The van der Waals surface area contributed by atoms with E-state index in [0.29, 0.717) is 10.6 Å². The number of ether oxygens (including phenoxy) is 1. The van der Waals surface area contributed by atoms with E-state index in [4.69, 9.17) is 27.9 Å². The number of aromatic nitrogens is 1. The highest BCUT2D eigenvalue weighted by Crippen LogP contribution is 2.30. The van der Waals surface area contributed by atoms with Crippen molar-refractivity contribution in [2.75, 3.05) is 26.3 Å². The molecule has 0 aliphatic carbocycles. The number of halogens is 2. The molecule has 1 atom stereocenters. The van der Waals surface area contributed by atoms with Crippen molar-refractivity contribution in [3.63, 3.8) is 0 Å². The molecule has 2 aromatic rings. The van der Waals surface area contributed by atoms with Crippen molar-refractivity contribution in [3.05, 3.63) is 64.9 Å². The zero-order chi connectivity index (χ0) is 19.4. The standard InChI is InChI=1S/C21H28Cl2N2O2/c22-20-11-4-3-10-19(20)21(23,26)17-24-13-6-1-2-8-15-27-16-12-18-9-5-7-14-25-18/h3-5,7,9-11,14,24,26H,1-2,6,8,12-13,15-17H2. The molecule has 2 N–H and O–H groups in total. The fourth-order valence-corrected chi connectivity index (χ4v) is 3.35. The van der Waals surface area contributed by atoms with Crippen LogP contribution in [0.2, 0.25) is 5.02 Å². The van der Waals surface area contributed by atoms with Crippen LogP contribution in [-0.4, -0.2) is 36.4 Å². The van der Waals surface area contributed by atoms with Crippen LogP contribution in [0.15, 0.2) is 48.7 Å². The Labute approximate surface area is 171 Å². The summed E-state index contributed by atoms with van der Waals surface area (Å²) in [6.07, 6.45) is 7.00. The molecular formula is C21H28Cl2N2O2. The minimum absolute atomic E-state index is 0.259. The summed E-state index contributed by atoms with van der Waals surface area (Å²) in [5, 5.41) is 12.6. The fraction of sp³-hybridized carbons (Fsp3) is 0.476. The second-order valence-corrected chi connectivity index (χ2v) is 7.55. The maximum absolute atomic E-state index is 10.4. The summed E-state index contributed by atoms with van der Waals surface area (Å²) in [4.78, 5) is 4.27. The Kier molecular flexibility index (Phi) is 10.1. The summed E-state index contributed by atoms with van der Waals surface area (Å²) < 4.78 is 5.65. The lowest BCUT2D eigenvalue weighted by molar-refractivity contribution is 0.126. The molecule has 148 valence electrons. The number of hydrogen-bond donors (Lipinski definition) is 2. The largest absolute Gasteiger partial charge is 0.381 e. The van der Waals surface area contributed by atoms with Gasteiger partial charge in [-0.1, -0.05) is 60.3 Å². The molecule has 1 heterocycles. The van der Waals surface area contributed by atoms with E-state index < -0.39 is 5.06 Å². The van der Waals surface area contributed by atoms with Crippen molar-refractivity contribution in [1.29, 1.82) is 0 Å². The van der Waals surface area contributed by atoms with Gasteiger partial charge in [-0.25, -0.2) is 0 Å². The third-order valence-corrected chi connectivity index (χ3v) is 4.93. The number of aliphatic hydroxyl groups is 1. The molecule has 0 radical (unpaired) electrons. The zero-order valence-corrected chi connectivity index (χ0v) is 17.1. The molecule has 27 heavy (non-hydrogen) atoms. The molecule has 0 spiro atoms. The monoisotopic (exact) mass is 410 g/mol. The molecule has 6 heteroatoms. The summed E-state index contributed by atoms with van der Waals surface area (Å²) in [7, 11) is 0. The summed E-state index contributed by atoms with van der Waals surface area (Å²) in [5.41, 5.74) is 1.60. The van der Waals surface area contributed by atoms with E-state index in [9.17, 15) is 5.11 Å². The van der Waals surface area contributed by atoms with Gasteiger partial charge in [0.25, 0.3) is 0 Å². The van der Waals surface area contributed by atoms with Crippen LogP contribution < -0.4 is 5.32 Å². The molecule has 1 aromatic carbocycles. The molecule has 0 fully saturated rings. The molecule has 0 bridgehead atoms. The van der Waals surface area contributed by atoms with Gasteiger partial charge in [-0.15, -0.1) is 0 Å². The lowest BCUT2D eigenvalue weighted by Crippen LogP contribution is -2.34. The van der Waals surface area contributed by atoms with Crippen LogP contribution in [0.4, 0.5) is 0 Å². The third kappa shape index (κ3) is 8.58. The quantitative estimate of drug-likeness (QED) is 0.376. The highest BCUT2D eigenvalue weighted by atomic mass is 35.5. The Morgan fingerprint density at radius 2 is 1.78 bits per heavy atom. The van der Waals surface area contributed by atoms with E-state index in [1.807, 2.05) is 36.5 Å². The smallest absolute Gasteiger partial charge is 0.178 e. The molecule has 4 nitrogen and oxygen atoms in total. The highest BCUT2D eigenvalue weighted by Gasteiger charge is 2.27. The molecular weight excluding hydrogens is 383 g/mol. The Hall–Kier alpha value is -1.17. The number of pyridine rings is 1. The minimum atomic E-state index is -1.49. The molecule has 0 saturated heterocycles. The van der Waals surface area contributed by atoms with Crippen molar-refractivity contribution in [3.8, 4) is 0 Å². The minimum Gasteiger partial charge on any atom is -0.381 e.